The molecule has 1 saturated heterocycles. The molecule has 21 heavy (non-hydrogen) atoms. The molecule has 0 radical (unpaired) electrons. The van der Waals surface area contributed by atoms with E-state index >= 15 is 0 Å². The third kappa shape index (κ3) is 4.33. The summed E-state index contributed by atoms with van der Waals surface area (Å²) in [4.78, 5) is 12.1. The van der Waals surface area contributed by atoms with Gasteiger partial charge in [-0.25, -0.2) is 8.42 Å². The van der Waals surface area contributed by atoms with Crippen molar-refractivity contribution >= 4 is 38.9 Å². The van der Waals surface area contributed by atoms with Gasteiger partial charge < -0.3 is 10.6 Å². The molecule has 0 aromatic heterocycles. The van der Waals surface area contributed by atoms with Crippen LogP contribution in [0.2, 0.25) is 5.02 Å². The molecule has 1 aliphatic rings. The first-order valence-electron chi connectivity index (χ1n) is 6.58. The van der Waals surface area contributed by atoms with Crippen LogP contribution in [0, 0.1) is 5.92 Å². The van der Waals surface area contributed by atoms with Crippen molar-refractivity contribution in [3.05, 3.63) is 23.2 Å². The lowest BCUT2D eigenvalue weighted by Crippen LogP contribution is -2.39. The maximum absolute atomic E-state index is 12.1. The van der Waals surface area contributed by atoms with Gasteiger partial charge in [-0.1, -0.05) is 18.5 Å². The van der Waals surface area contributed by atoms with Crippen LogP contribution in [0.5, 0.6) is 0 Å². The highest BCUT2D eigenvalue weighted by Gasteiger charge is 2.29. The number of hydrogen-bond donors (Lipinski definition) is 3. The summed E-state index contributed by atoms with van der Waals surface area (Å²) in [5, 5.41) is 6.16. The Kier molecular flexibility index (Phi) is 4.75. The Labute approximate surface area is 129 Å². The third-order valence-electron chi connectivity index (χ3n) is 3.35. The van der Waals surface area contributed by atoms with E-state index in [1.54, 1.807) is 6.07 Å². The Bertz CT molecular complexity index is 648. The molecule has 3 N–H and O–H groups in total. The summed E-state index contributed by atoms with van der Waals surface area (Å²) in [7, 11) is -3.39. The lowest BCUT2D eigenvalue weighted by molar-refractivity contribution is -0.118. The number of carbonyl (C=O) groups excluding carboxylic acids is 1. The molecule has 116 valence electrons. The molecule has 2 atom stereocenters. The summed E-state index contributed by atoms with van der Waals surface area (Å²) in [6, 6.07) is 4.44. The number of anilines is 2. The van der Waals surface area contributed by atoms with Crippen LogP contribution in [0.15, 0.2) is 18.2 Å². The molecule has 2 unspecified atom stereocenters. The van der Waals surface area contributed by atoms with Crippen LogP contribution in [0.25, 0.3) is 0 Å². The molecule has 6 nitrogen and oxygen atoms in total. The summed E-state index contributed by atoms with van der Waals surface area (Å²) >= 11 is 6.01. The van der Waals surface area contributed by atoms with Crippen LogP contribution in [0.4, 0.5) is 11.4 Å². The quantitative estimate of drug-likeness (QED) is 0.783. The van der Waals surface area contributed by atoms with Gasteiger partial charge in [-0.15, -0.1) is 0 Å². The first-order valence-corrected chi connectivity index (χ1v) is 8.85. The van der Waals surface area contributed by atoms with Gasteiger partial charge in [0, 0.05) is 5.69 Å². The highest BCUT2D eigenvalue weighted by Crippen LogP contribution is 2.26. The molecule has 1 aromatic carbocycles. The van der Waals surface area contributed by atoms with Crippen molar-refractivity contribution in [1.82, 2.24) is 5.32 Å². The summed E-state index contributed by atoms with van der Waals surface area (Å²) in [6.07, 6.45) is 2.02. The zero-order valence-electron chi connectivity index (χ0n) is 11.8. The monoisotopic (exact) mass is 331 g/mol. The van der Waals surface area contributed by atoms with Gasteiger partial charge in [0.2, 0.25) is 15.9 Å². The fourth-order valence-corrected chi connectivity index (χ4v) is 3.14. The van der Waals surface area contributed by atoms with E-state index in [4.69, 9.17) is 11.6 Å². The maximum Gasteiger partial charge on any atom is 0.241 e. The molecule has 0 saturated carbocycles. The van der Waals surface area contributed by atoms with E-state index in [-0.39, 0.29) is 28.6 Å². The van der Waals surface area contributed by atoms with Crippen molar-refractivity contribution in [2.24, 2.45) is 5.92 Å². The molecule has 0 spiro atoms. The second-order valence-electron chi connectivity index (χ2n) is 5.26. The highest BCUT2D eigenvalue weighted by molar-refractivity contribution is 7.92. The summed E-state index contributed by atoms with van der Waals surface area (Å²) in [5.41, 5.74) is 0.814. The van der Waals surface area contributed by atoms with E-state index in [1.165, 1.54) is 12.1 Å². The highest BCUT2D eigenvalue weighted by atomic mass is 35.5. The zero-order valence-corrected chi connectivity index (χ0v) is 13.4. The fourth-order valence-electron chi connectivity index (χ4n) is 2.28. The predicted molar refractivity (Wildman–Crippen MR) is 84.1 cm³/mol. The molecule has 1 amide bonds. The Morgan fingerprint density at radius 2 is 2.14 bits per heavy atom. The number of sulfonamides is 1. The Morgan fingerprint density at radius 1 is 1.43 bits per heavy atom. The van der Waals surface area contributed by atoms with E-state index in [0.717, 1.165) is 19.2 Å². The van der Waals surface area contributed by atoms with Gasteiger partial charge in [0.05, 0.1) is 23.0 Å². The molecule has 1 aromatic rings. The average Bonchev–Trinajstić information content (AvgIpc) is 2.77. The van der Waals surface area contributed by atoms with E-state index in [0.29, 0.717) is 5.69 Å². The van der Waals surface area contributed by atoms with Crippen molar-refractivity contribution in [2.75, 3.05) is 22.8 Å². The van der Waals surface area contributed by atoms with Crippen LogP contribution < -0.4 is 15.4 Å². The average molecular weight is 332 g/mol. The van der Waals surface area contributed by atoms with E-state index in [1.807, 2.05) is 6.92 Å². The van der Waals surface area contributed by atoms with Crippen molar-refractivity contribution < 1.29 is 13.2 Å². The third-order valence-corrected chi connectivity index (χ3v) is 4.25. The number of rotatable bonds is 4. The lowest BCUT2D eigenvalue weighted by Gasteiger charge is -2.16. The van der Waals surface area contributed by atoms with E-state index in [2.05, 4.69) is 15.4 Å². The molecular weight excluding hydrogens is 314 g/mol. The van der Waals surface area contributed by atoms with Crippen molar-refractivity contribution in [1.29, 1.82) is 0 Å². The van der Waals surface area contributed by atoms with Crippen molar-refractivity contribution in [3.63, 3.8) is 0 Å². The molecule has 1 fully saturated rings. The maximum atomic E-state index is 12.1. The van der Waals surface area contributed by atoms with Gasteiger partial charge in [0.1, 0.15) is 0 Å². The van der Waals surface area contributed by atoms with Gasteiger partial charge in [-0.2, -0.15) is 0 Å². The number of halogens is 1. The van der Waals surface area contributed by atoms with Gasteiger partial charge in [0.15, 0.2) is 0 Å². The summed E-state index contributed by atoms with van der Waals surface area (Å²) in [5.74, 6) is 0.173. The molecule has 1 heterocycles. The normalized spacial score (nSPS) is 22.0. The Morgan fingerprint density at radius 3 is 2.67 bits per heavy atom. The SMILES string of the molecule is CC1CCNC1C(=O)Nc1ccc(NS(C)(=O)=O)c(Cl)c1. The summed E-state index contributed by atoms with van der Waals surface area (Å²) in [6.45, 7) is 2.85. The minimum absolute atomic E-state index is 0.111. The first kappa shape index (κ1) is 16.1. The van der Waals surface area contributed by atoms with Crippen LogP contribution in [0.3, 0.4) is 0 Å². The minimum Gasteiger partial charge on any atom is -0.325 e. The molecule has 2 rings (SSSR count). The van der Waals surface area contributed by atoms with E-state index < -0.39 is 10.0 Å². The number of hydrogen-bond acceptors (Lipinski definition) is 4. The smallest absolute Gasteiger partial charge is 0.241 e. The number of amides is 1. The molecule has 1 aliphatic heterocycles. The largest absolute Gasteiger partial charge is 0.325 e. The number of benzene rings is 1. The fraction of sp³-hybridized carbons (Fsp3) is 0.462. The van der Waals surface area contributed by atoms with E-state index in [9.17, 15) is 13.2 Å². The Balaban J connectivity index is 2.08. The van der Waals surface area contributed by atoms with Crippen LogP contribution >= 0.6 is 11.6 Å². The standard InChI is InChI=1S/C13H18ClN3O3S/c1-8-5-6-15-12(8)13(18)16-9-3-4-11(10(14)7-9)17-21(2,19)20/h3-4,7-8,12,15,17H,5-6H2,1-2H3,(H,16,18). The van der Waals surface area contributed by atoms with Gasteiger partial charge >= 0.3 is 0 Å². The lowest BCUT2D eigenvalue weighted by atomic mass is 10.0. The first-order chi connectivity index (χ1) is 9.76. The second-order valence-corrected chi connectivity index (χ2v) is 7.41. The molecule has 0 aliphatic carbocycles. The number of nitrogens with one attached hydrogen (secondary N) is 3. The molecular formula is C13H18ClN3O3S. The van der Waals surface area contributed by atoms with Crippen LogP contribution in [0.1, 0.15) is 13.3 Å². The van der Waals surface area contributed by atoms with Gasteiger partial charge in [0.25, 0.3) is 0 Å². The van der Waals surface area contributed by atoms with Gasteiger partial charge in [-0.05, 0) is 37.1 Å². The summed E-state index contributed by atoms with van der Waals surface area (Å²) < 4.78 is 24.7. The number of carbonyl (C=O) groups is 1. The minimum atomic E-state index is -3.39. The van der Waals surface area contributed by atoms with Crippen molar-refractivity contribution in [2.45, 2.75) is 19.4 Å². The predicted octanol–water partition coefficient (Wildman–Crippen LogP) is 1.65. The topological polar surface area (TPSA) is 87.3 Å². The van der Waals surface area contributed by atoms with Crippen LogP contribution in [-0.2, 0) is 14.8 Å². The van der Waals surface area contributed by atoms with Crippen LogP contribution in [-0.4, -0.2) is 33.2 Å². The molecule has 8 heteroatoms. The zero-order chi connectivity index (χ0) is 15.6. The molecule has 0 bridgehead atoms. The van der Waals surface area contributed by atoms with Gasteiger partial charge in [-0.3, -0.25) is 9.52 Å². The Hall–Kier alpha value is -1.31. The van der Waals surface area contributed by atoms with Crippen molar-refractivity contribution in [3.8, 4) is 0 Å². The second kappa shape index (κ2) is 6.21.